The quantitative estimate of drug-likeness (QED) is 0.243. The summed E-state index contributed by atoms with van der Waals surface area (Å²) >= 11 is 5.94. The summed E-state index contributed by atoms with van der Waals surface area (Å²) in [5, 5.41) is 13.0. The van der Waals surface area contributed by atoms with Crippen LogP contribution in [0.1, 0.15) is 15.9 Å². The van der Waals surface area contributed by atoms with E-state index in [1.165, 1.54) is 0 Å². The monoisotopic (exact) mass is 515 g/mol. The molecule has 0 aliphatic heterocycles. The van der Waals surface area contributed by atoms with Crippen molar-refractivity contribution in [2.24, 2.45) is 0 Å². The van der Waals surface area contributed by atoms with Crippen molar-refractivity contribution < 1.29 is 24.2 Å². The van der Waals surface area contributed by atoms with Crippen molar-refractivity contribution >= 4 is 23.5 Å². The molecule has 2 N–H and O–H groups in total. The van der Waals surface area contributed by atoms with Crippen molar-refractivity contribution in [1.29, 1.82) is 0 Å². The Hall–Kier alpha value is -4.29. The van der Waals surface area contributed by atoms with Gasteiger partial charge in [0.1, 0.15) is 18.1 Å². The van der Waals surface area contributed by atoms with Gasteiger partial charge in [0.2, 0.25) is 0 Å². The molecule has 0 bridgehead atoms. The molecule has 0 radical (unpaired) electrons. The summed E-state index contributed by atoms with van der Waals surface area (Å²) < 4.78 is 11.3. The van der Waals surface area contributed by atoms with E-state index in [1.54, 1.807) is 60.7 Å². The zero-order valence-electron chi connectivity index (χ0n) is 20.0. The molecule has 0 heterocycles. The fourth-order valence-electron chi connectivity index (χ4n) is 3.67. The summed E-state index contributed by atoms with van der Waals surface area (Å²) in [6.45, 7) is 0.633. The molecule has 0 aliphatic rings. The highest BCUT2D eigenvalue weighted by Gasteiger charge is 2.20. The zero-order valence-corrected chi connectivity index (χ0v) is 20.7. The Morgan fingerprint density at radius 1 is 0.784 bits per heavy atom. The fraction of sp³-hybridized carbons (Fsp3) is 0.133. The van der Waals surface area contributed by atoms with Crippen LogP contribution >= 0.6 is 11.6 Å². The first-order valence-electron chi connectivity index (χ1n) is 11.8. The van der Waals surface area contributed by atoms with E-state index in [0.29, 0.717) is 35.2 Å². The lowest BCUT2D eigenvalue weighted by Crippen LogP contribution is -2.29. The Kier molecular flexibility index (Phi) is 8.79. The molecule has 0 fully saturated rings. The van der Waals surface area contributed by atoms with E-state index in [0.717, 1.165) is 16.7 Å². The third-order valence-corrected chi connectivity index (χ3v) is 5.87. The average molecular weight is 516 g/mol. The van der Waals surface area contributed by atoms with Gasteiger partial charge >= 0.3 is 5.97 Å². The molecule has 1 amide bonds. The van der Waals surface area contributed by atoms with Crippen LogP contribution in [0.3, 0.4) is 0 Å². The second kappa shape index (κ2) is 12.6. The first-order valence-corrected chi connectivity index (χ1v) is 12.2. The zero-order chi connectivity index (χ0) is 26.0. The molecule has 4 rings (SSSR count). The number of carboxylic acids is 1. The Labute approximate surface area is 220 Å². The minimum atomic E-state index is -1.03. The maximum Gasteiger partial charge on any atom is 0.345 e. The second-order valence-electron chi connectivity index (χ2n) is 8.29. The highest BCUT2D eigenvalue weighted by molar-refractivity contribution is 6.30. The van der Waals surface area contributed by atoms with Crippen LogP contribution in [0, 0.1) is 0 Å². The van der Waals surface area contributed by atoms with Crippen LogP contribution in [0.15, 0.2) is 103 Å². The Balaban J connectivity index is 1.22. The fourth-order valence-corrected chi connectivity index (χ4v) is 3.80. The molecular formula is C30H26ClNO5. The molecule has 6 nitrogen and oxygen atoms in total. The number of halogens is 1. The van der Waals surface area contributed by atoms with Gasteiger partial charge < -0.3 is 19.9 Å². The third kappa shape index (κ3) is 7.59. The molecule has 0 aromatic heterocycles. The van der Waals surface area contributed by atoms with Gasteiger partial charge in [-0.05, 0) is 65.2 Å². The molecule has 4 aromatic rings. The van der Waals surface area contributed by atoms with E-state index < -0.39 is 12.1 Å². The normalized spacial score (nSPS) is 11.4. The number of hydrogen-bond donors (Lipinski definition) is 2. The lowest BCUT2D eigenvalue weighted by Gasteiger charge is -2.15. The predicted octanol–water partition coefficient (Wildman–Crippen LogP) is 5.89. The van der Waals surface area contributed by atoms with Crippen molar-refractivity contribution in [2.45, 2.75) is 12.5 Å². The van der Waals surface area contributed by atoms with Crippen LogP contribution in [0.5, 0.6) is 11.5 Å². The molecule has 0 spiro atoms. The van der Waals surface area contributed by atoms with Crippen LogP contribution < -0.4 is 14.8 Å². The topological polar surface area (TPSA) is 84.9 Å². The van der Waals surface area contributed by atoms with E-state index in [2.05, 4.69) is 5.32 Å². The van der Waals surface area contributed by atoms with Gasteiger partial charge in [0.25, 0.3) is 5.91 Å². The number of carbonyl (C=O) groups excluding carboxylic acids is 1. The van der Waals surface area contributed by atoms with Gasteiger partial charge in [0.15, 0.2) is 6.10 Å². The minimum Gasteiger partial charge on any atom is -0.492 e. The largest absolute Gasteiger partial charge is 0.492 e. The standard InChI is InChI=1S/C30H26ClNO5/c31-25-14-12-23(13-15-25)22-8-10-24(11-9-22)29(33)32-18-19-36-26-16-6-21(7-17-26)20-28(30(34)35)37-27-4-2-1-3-5-27/h1-17,28H,18-20H2,(H,32,33)(H,34,35). The van der Waals surface area contributed by atoms with E-state index >= 15 is 0 Å². The first-order chi connectivity index (χ1) is 18.0. The van der Waals surface area contributed by atoms with Gasteiger partial charge in [-0.15, -0.1) is 0 Å². The van der Waals surface area contributed by atoms with Gasteiger partial charge in [-0.2, -0.15) is 0 Å². The maximum absolute atomic E-state index is 12.4. The highest BCUT2D eigenvalue weighted by atomic mass is 35.5. The Morgan fingerprint density at radius 3 is 2.03 bits per heavy atom. The van der Waals surface area contributed by atoms with E-state index in [9.17, 15) is 14.7 Å². The number of hydrogen-bond acceptors (Lipinski definition) is 4. The van der Waals surface area contributed by atoms with Gasteiger partial charge in [0.05, 0.1) is 6.54 Å². The number of nitrogens with one attached hydrogen (secondary N) is 1. The number of para-hydroxylation sites is 1. The van der Waals surface area contributed by atoms with Crippen LogP contribution in [0.2, 0.25) is 5.02 Å². The maximum atomic E-state index is 12.4. The molecule has 1 unspecified atom stereocenters. The molecule has 188 valence electrons. The van der Waals surface area contributed by atoms with Crippen LogP contribution in [0.4, 0.5) is 0 Å². The highest BCUT2D eigenvalue weighted by Crippen LogP contribution is 2.22. The summed E-state index contributed by atoms with van der Waals surface area (Å²) in [5.41, 5.74) is 3.40. The Morgan fingerprint density at radius 2 is 1.41 bits per heavy atom. The molecule has 4 aromatic carbocycles. The van der Waals surface area contributed by atoms with Crippen molar-refractivity contribution in [1.82, 2.24) is 5.32 Å². The number of aliphatic carboxylic acids is 1. The van der Waals surface area contributed by atoms with Crippen LogP contribution in [-0.4, -0.2) is 36.2 Å². The minimum absolute atomic E-state index is 0.181. The number of amides is 1. The van der Waals surface area contributed by atoms with Gasteiger partial charge in [-0.3, -0.25) is 4.79 Å². The van der Waals surface area contributed by atoms with Gasteiger partial charge in [0, 0.05) is 17.0 Å². The van der Waals surface area contributed by atoms with Crippen molar-refractivity contribution in [3.63, 3.8) is 0 Å². The van der Waals surface area contributed by atoms with E-state index in [-0.39, 0.29) is 12.3 Å². The lowest BCUT2D eigenvalue weighted by molar-refractivity contribution is -0.145. The van der Waals surface area contributed by atoms with Gasteiger partial charge in [-0.1, -0.05) is 66.2 Å². The smallest absolute Gasteiger partial charge is 0.345 e. The van der Waals surface area contributed by atoms with Gasteiger partial charge in [-0.25, -0.2) is 4.79 Å². The second-order valence-corrected chi connectivity index (χ2v) is 8.73. The molecule has 0 aliphatic carbocycles. The number of carbonyl (C=O) groups is 2. The van der Waals surface area contributed by atoms with E-state index in [1.807, 2.05) is 42.5 Å². The SMILES string of the molecule is O=C(NCCOc1ccc(CC(Oc2ccccc2)C(=O)O)cc1)c1ccc(-c2ccc(Cl)cc2)cc1. The molecule has 0 saturated carbocycles. The number of carboxylic acid groups (broad SMARTS) is 1. The lowest BCUT2D eigenvalue weighted by atomic mass is 10.0. The van der Waals surface area contributed by atoms with Crippen molar-refractivity contribution in [3.8, 4) is 22.6 Å². The summed E-state index contributed by atoms with van der Waals surface area (Å²) in [6.07, 6.45) is -0.776. The molecule has 37 heavy (non-hydrogen) atoms. The summed E-state index contributed by atoms with van der Waals surface area (Å²) in [4.78, 5) is 24.0. The summed E-state index contributed by atoms with van der Waals surface area (Å²) in [6, 6.07) is 30.9. The van der Waals surface area contributed by atoms with Crippen LogP contribution in [0.25, 0.3) is 11.1 Å². The van der Waals surface area contributed by atoms with Crippen molar-refractivity contribution in [2.75, 3.05) is 13.2 Å². The first kappa shape index (κ1) is 25.8. The average Bonchev–Trinajstić information content (AvgIpc) is 2.92. The third-order valence-electron chi connectivity index (χ3n) is 5.62. The van der Waals surface area contributed by atoms with Crippen molar-refractivity contribution in [3.05, 3.63) is 119 Å². The number of benzene rings is 4. The Bertz CT molecular complexity index is 1310. The predicted molar refractivity (Wildman–Crippen MR) is 143 cm³/mol. The van der Waals surface area contributed by atoms with E-state index in [4.69, 9.17) is 21.1 Å². The molecule has 1 atom stereocenters. The molecule has 7 heteroatoms. The number of rotatable bonds is 11. The summed E-state index contributed by atoms with van der Waals surface area (Å²) in [7, 11) is 0. The molecular weight excluding hydrogens is 490 g/mol. The summed E-state index contributed by atoms with van der Waals surface area (Å²) in [5.74, 6) is -0.0742. The molecule has 0 saturated heterocycles. The number of ether oxygens (including phenoxy) is 2. The van der Waals surface area contributed by atoms with Crippen LogP contribution in [-0.2, 0) is 11.2 Å².